The lowest BCUT2D eigenvalue weighted by Crippen LogP contribution is -3.03. The van der Waals surface area contributed by atoms with E-state index in [0.717, 1.165) is 6.42 Å². The predicted octanol–water partition coefficient (Wildman–Crippen LogP) is -0.293. The van der Waals surface area contributed by atoms with Crippen LogP contribution in [0.4, 0.5) is 0 Å². The third-order valence-corrected chi connectivity index (χ3v) is 1.17. The highest BCUT2D eigenvalue weighted by Crippen LogP contribution is 1.94. The molecular formula is C5H13NOS. The lowest BCUT2D eigenvalue weighted by Gasteiger charge is -2.16. The molecule has 0 aliphatic heterocycles. The Labute approximate surface area is 55.9 Å². The van der Waals surface area contributed by atoms with Gasteiger partial charge in [-0.2, -0.15) is 12.6 Å². The van der Waals surface area contributed by atoms with E-state index in [4.69, 9.17) is 0 Å². The molecule has 2 nitrogen and oxygen atoms in total. The Morgan fingerprint density at radius 3 is 2.38 bits per heavy atom. The van der Waals surface area contributed by atoms with Crippen LogP contribution < -0.4 is 5.06 Å². The molecule has 50 valence electrons. The van der Waals surface area contributed by atoms with E-state index in [0.29, 0.717) is 11.8 Å². The van der Waals surface area contributed by atoms with Crippen molar-refractivity contribution in [1.82, 2.24) is 0 Å². The molecule has 0 amide bonds. The summed E-state index contributed by atoms with van der Waals surface area (Å²) < 4.78 is 0. The molecule has 0 rings (SSSR count). The Balaban J connectivity index is 2.93. The second-order valence-electron chi connectivity index (χ2n) is 2.09. The maximum absolute atomic E-state index is 10.3. The topological polar surface area (TPSA) is 27.5 Å². The maximum Gasteiger partial charge on any atom is 0.0776 e. The Morgan fingerprint density at radius 1 is 1.75 bits per heavy atom. The molecule has 0 aliphatic carbocycles. The molecule has 2 atom stereocenters. The molecule has 0 saturated heterocycles. The average molecular weight is 135 g/mol. The monoisotopic (exact) mass is 135 g/mol. The third-order valence-electron chi connectivity index (χ3n) is 0.914. The first kappa shape index (κ1) is 8.27. The average Bonchev–Trinajstić information content (AvgIpc) is 1.61. The first-order chi connectivity index (χ1) is 3.63. The lowest BCUT2D eigenvalue weighted by atomic mass is 10.3. The molecule has 0 aromatic heterocycles. The Bertz CT molecular complexity index is 48.4. The molecule has 0 aromatic carbocycles. The molecule has 3 heteroatoms. The number of thiol groups is 1. The van der Waals surface area contributed by atoms with E-state index in [1.807, 2.05) is 6.92 Å². The number of quaternary nitrogens is 1. The number of hydrogen-bond donors (Lipinski definition) is 2. The molecule has 0 fully saturated rings. The van der Waals surface area contributed by atoms with Crippen molar-refractivity contribution in [3.8, 4) is 0 Å². The summed E-state index contributed by atoms with van der Waals surface area (Å²) >= 11 is 4.12. The van der Waals surface area contributed by atoms with Crippen LogP contribution in [0.1, 0.15) is 13.3 Å². The predicted molar refractivity (Wildman–Crippen MR) is 38.2 cm³/mol. The van der Waals surface area contributed by atoms with Gasteiger partial charge in [-0.15, -0.1) is 0 Å². The van der Waals surface area contributed by atoms with Crippen molar-refractivity contribution in [2.75, 3.05) is 13.6 Å². The summed E-state index contributed by atoms with van der Waals surface area (Å²) in [5, 5.41) is 10.9. The van der Waals surface area contributed by atoms with Gasteiger partial charge in [0, 0.05) is 11.7 Å². The normalized spacial score (nSPS) is 18.0. The first-order valence-electron chi connectivity index (χ1n) is 2.80. The number of rotatable bonds is 3. The molecule has 0 spiro atoms. The summed E-state index contributed by atoms with van der Waals surface area (Å²) in [5.74, 6) is 0. The van der Waals surface area contributed by atoms with Crippen LogP contribution in [0.5, 0.6) is 0 Å². The molecule has 0 saturated carbocycles. The fourth-order valence-corrected chi connectivity index (χ4v) is 0.541. The van der Waals surface area contributed by atoms with Gasteiger partial charge in [-0.3, -0.25) is 0 Å². The molecule has 0 bridgehead atoms. The lowest BCUT2D eigenvalue weighted by molar-refractivity contribution is -0.825. The van der Waals surface area contributed by atoms with E-state index in [-0.39, 0.29) is 5.06 Å². The van der Waals surface area contributed by atoms with Gasteiger partial charge in [0.05, 0.1) is 13.6 Å². The van der Waals surface area contributed by atoms with Gasteiger partial charge >= 0.3 is 0 Å². The minimum absolute atomic E-state index is 0.255. The summed E-state index contributed by atoms with van der Waals surface area (Å²) in [7, 11) is 1.61. The highest BCUT2D eigenvalue weighted by Gasteiger charge is 1.94. The second-order valence-corrected chi connectivity index (χ2v) is 2.97. The van der Waals surface area contributed by atoms with E-state index >= 15 is 0 Å². The van der Waals surface area contributed by atoms with Crippen LogP contribution in [0.25, 0.3) is 0 Å². The highest BCUT2D eigenvalue weighted by atomic mass is 32.1. The zero-order valence-corrected chi connectivity index (χ0v) is 6.24. The van der Waals surface area contributed by atoms with Gasteiger partial charge < -0.3 is 10.3 Å². The molecule has 0 aliphatic rings. The van der Waals surface area contributed by atoms with Crippen molar-refractivity contribution in [2.45, 2.75) is 18.6 Å². The largest absolute Gasteiger partial charge is 0.634 e. The van der Waals surface area contributed by atoms with Gasteiger partial charge in [-0.25, -0.2) is 0 Å². The molecule has 8 heavy (non-hydrogen) atoms. The van der Waals surface area contributed by atoms with Crippen molar-refractivity contribution in [1.29, 1.82) is 0 Å². The van der Waals surface area contributed by atoms with Crippen molar-refractivity contribution in [3.05, 3.63) is 5.21 Å². The van der Waals surface area contributed by atoms with Crippen LogP contribution in [-0.2, 0) is 0 Å². The van der Waals surface area contributed by atoms with Gasteiger partial charge in [0.2, 0.25) is 0 Å². The highest BCUT2D eigenvalue weighted by molar-refractivity contribution is 7.80. The third kappa shape index (κ3) is 6.27. The van der Waals surface area contributed by atoms with Crippen LogP contribution in [-0.4, -0.2) is 18.8 Å². The fourth-order valence-electron chi connectivity index (χ4n) is 0.412. The molecule has 0 heterocycles. The SMILES string of the molecule is CC(S)CC[NH+](C)[O-]. The molecule has 1 N–H and O–H groups in total. The summed E-state index contributed by atoms with van der Waals surface area (Å²) in [6, 6.07) is 0. The van der Waals surface area contributed by atoms with Crippen LogP contribution >= 0.6 is 12.6 Å². The number of nitrogens with one attached hydrogen (secondary N) is 1. The molecular weight excluding hydrogens is 122 g/mol. The van der Waals surface area contributed by atoms with Crippen molar-refractivity contribution in [2.24, 2.45) is 0 Å². The zero-order chi connectivity index (χ0) is 6.57. The maximum atomic E-state index is 10.3. The fraction of sp³-hybridized carbons (Fsp3) is 1.00. The Hall–Kier alpha value is 0.270. The van der Waals surface area contributed by atoms with E-state index in [2.05, 4.69) is 12.6 Å². The second kappa shape index (κ2) is 4.18. The van der Waals surface area contributed by atoms with E-state index in [1.165, 1.54) is 0 Å². The van der Waals surface area contributed by atoms with Gasteiger partial charge in [0.15, 0.2) is 0 Å². The van der Waals surface area contributed by atoms with Gasteiger partial charge in [-0.05, 0) is 0 Å². The standard InChI is InChI=1S/C5H13NOS/c1-5(8)3-4-6(2)7/h5-6,8H,3-4H2,1-2H3. The van der Waals surface area contributed by atoms with Gasteiger partial charge in [0.1, 0.15) is 0 Å². The van der Waals surface area contributed by atoms with Crippen molar-refractivity contribution < 1.29 is 5.06 Å². The number of hydrogen-bond acceptors (Lipinski definition) is 2. The van der Waals surface area contributed by atoms with Gasteiger partial charge in [0.25, 0.3) is 0 Å². The van der Waals surface area contributed by atoms with Crippen LogP contribution in [0.15, 0.2) is 0 Å². The minimum Gasteiger partial charge on any atom is -0.634 e. The van der Waals surface area contributed by atoms with E-state index in [1.54, 1.807) is 7.05 Å². The number of hydroxylamine groups is 2. The van der Waals surface area contributed by atoms with Gasteiger partial charge in [-0.1, -0.05) is 6.92 Å². The Morgan fingerprint density at radius 2 is 2.25 bits per heavy atom. The Kier molecular flexibility index (Phi) is 4.32. The summed E-state index contributed by atoms with van der Waals surface area (Å²) in [5.41, 5.74) is 0. The quantitative estimate of drug-likeness (QED) is 0.404. The van der Waals surface area contributed by atoms with Crippen molar-refractivity contribution in [3.63, 3.8) is 0 Å². The zero-order valence-electron chi connectivity index (χ0n) is 5.35. The molecule has 2 unspecified atom stereocenters. The van der Waals surface area contributed by atoms with Crippen LogP contribution in [0, 0.1) is 5.21 Å². The van der Waals surface area contributed by atoms with Crippen LogP contribution in [0.2, 0.25) is 0 Å². The summed E-state index contributed by atoms with van der Waals surface area (Å²) in [6.07, 6.45) is 0.901. The van der Waals surface area contributed by atoms with E-state index in [9.17, 15) is 5.21 Å². The van der Waals surface area contributed by atoms with Crippen LogP contribution in [0.3, 0.4) is 0 Å². The minimum atomic E-state index is 0.255. The van der Waals surface area contributed by atoms with E-state index < -0.39 is 0 Å². The molecule has 0 aromatic rings. The molecule has 0 radical (unpaired) electrons. The van der Waals surface area contributed by atoms with Crippen molar-refractivity contribution >= 4 is 12.6 Å². The smallest absolute Gasteiger partial charge is 0.0776 e. The summed E-state index contributed by atoms with van der Waals surface area (Å²) in [6.45, 7) is 2.66. The first-order valence-corrected chi connectivity index (χ1v) is 3.32. The summed E-state index contributed by atoms with van der Waals surface area (Å²) in [4.78, 5) is 0.